The molecule has 0 saturated heterocycles. The van der Waals surface area contributed by atoms with Crippen LogP contribution in [0.4, 0.5) is 4.39 Å². The minimum Gasteiger partial charge on any atom is -0.493 e. The van der Waals surface area contributed by atoms with Crippen molar-refractivity contribution in [3.05, 3.63) is 63.9 Å². The number of fused-ring (bicyclic) bond motifs is 1. The molecule has 0 aliphatic carbocycles. The normalized spacial score (nSPS) is 15.2. The molecular weight excluding hydrogens is 291 g/mol. The monoisotopic (exact) mass is 306 g/mol. The maximum absolute atomic E-state index is 13.1. The highest BCUT2D eigenvalue weighted by molar-refractivity contribution is 6.31. The third-order valence-electron chi connectivity index (χ3n) is 3.75. The van der Waals surface area contributed by atoms with Gasteiger partial charge in [0.2, 0.25) is 0 Å². The lowest BCUT2D eigenvalue weighted by Gasteiger charge is -2.23. The minimum absolute atomic E-state index is 0.332. The fourth-order valence-corrected chi connectivity index (χ4v) is 2.93. The molecule has 3 rings (SSSR count). The minimum atomic E-state index is -0.721. The van der Waals surface area contributed by atoms with Crippen LogP contribution in [-0.4, -0.2) is 11.7 Å². The fourth-order valence-electron chi connectivity index (χ4n) is 2.68. The van der Waals surface area contributed by atoms with Crippen LogP contribution in [0.15, 0.2) is 36.4 Å². The predicted molar refractivity (Wildman–Crippen MR) is 80.3 cm³/mol. The second kappa shape index (κ2) is 6.04. The summed E-state index contributed by atoms with van der Waals surface area (Å²) in [6.07, 6.45) is 1.57. The van der Waals surface area contributed by atoms with Crippen LogP contribution >= 0.6 is 11.6 Å². The Kier molecular flexibility index (Phi) is 4.13. The lowest BCUT2D eigenvalue weighted by atomic mass is 9.96. The number of halogens is 2. The molecule has 0 spiro atoms. The molecule has 2 aromatic carbocycles. The molecule has 0 radical (unpaired) electrons. The molecule has 1 unspecified atom stereocenters. The van der Waals surface area contributed by atoms with Crippen LogP contribution in [0.1, 0.15) is 29.2 Å². The number of benzene rings is 2. The van der Waals surface area contributed by atoms with Gasteiger partial charge < -0.3 is 9.84 Å². The van der Waals surface area contributed by atoms with E-state index >= 15 is 0 Å². The maximum Gasteiger partial charge on any atom is 0.128 e. The van der Waals surface area contributed by atoms with Gasteiger partial charge in [-0.25, -0.2) is 4.39 Å². The summed E-state index contributed by atoms with van der Waals surface area (Å²) >= 11 is 6.02. The van der Waals surface area contributed by atoms with Crippen LogP contribution in [0.2, 0.25) is 5.02 Å². The lowest BCUT2D eigenvalue weighted by Crippen LogP contribution is -2.13. The Bertz CT molecular complexity index is 657. The summed E-state index contributed by atoms with van der Waals surface area (Å²) in [5.74, 6) is 0.410. The first-order chi connectivity index (χ1) is 10.1. The maximum atomic E-state index is 13.1. The topological polar surface area (TPSA) is 29.5 Å². The summed E-state index contributed by atoms with van der Waals surface area (Å²) < 4.78 is 18.8. The highest BCUT2D eigenvalue weighted by Gasteiger charge is 2.20. The summed E-state index contributed by atoms with van der Waals surface area (Å²) in [6.45, 7) is 0.675. The number of para-hydroxylation sites is 1. The summed E-state index contributed by atoms with van der Waals surface area (Å²) in [4.78, 5) is 0. The summed E-state index contributed by atoms with van der Waals surface area (Å²) in [5, 5.41) is 10.8. The van der Waals surface area contributed by atoms with Gasteiger partial charge in [0.25, 0.3) is 0 Å². The molecule has 1 aliphatic heterocycles. The number of aryl methyl sites for hydroxylation is 1. The van der Waals surface area contributed by atoms with E-state index in [1.165, 1.54) is 12.1 Å². The highest BCUT2D eigenvalue weighted by atomic mass is 35.5. The average molecular weight is 307 g/mol. The zero-order valence-electron chi connectivity index (χ0n) is 11.5. The van der Waals surface area contributed by atoms with E-state index in [2.05, 4.69) is 0 Å². The van der Waals surface area contributed by atoms with E-state index in [-0.39, 0.29) is 5.82 Å². The zero-order valence-corrected chi connectivity index (χ0v) is 12.2. The van der Waals surface area contributed by atoms with Crippen LogP contribution in [-0.2, 0) is 12.8 Å². The van der Waals surface area contributed by atoms with Crippen molar-refractivity contribution in [1.82, 2.24) is 0 Å². The molecule has 110 valence electrons. The quantitative estimate of drug-likeness (QED) is 0.926. The van der Waals surface area contributed by atoms with E-state index in [0.717, 1.165) is 35.3 Å². The Morgan fingerprint density at radius 3 is 2.95 bits per heavy atom. The summed E-state index contributed by atoms with van der Waals surface area (Å²) in [7, 11) is 0. The number of aliphatic hydroxyl groups is 1. The van der Waals surface area contributed by atoms with Gasteiger partial charge in [-0.1, -0.05) is 35.9 Å². The molecule has 0 aromatic heterocycles. The van der Waals surface area contributed by atoms with Gasteiger partial charge in [-0.2, -0.15) is 0 Å². The smallest absolute Gasteiger partial charge is 0.128 e. The van der Waals surface area contributed by atoms with Gasteiger partial charge in [0.1, 0.15) is 11.6 Å². The largest absolute Gasteiger partial charge is 0.493 e. The molecule has 1 heterocycles. The molecule has 4 heteroatoms. The van der Waals surface area contributed by atoms with E-state index in [1.807, 2.05) is 18.2 Å². The molecule has 2 nitrogen and oxygen atoms in total. The number of rotatable bonds is 3. The van der Waals surface area contributed by atoms with E-state index in [1.54, 1.807) is 6.07 Å². The molecule has 0 bridgehead atoms. The summed E-state index contributed by atoms with van der Waals surface area (Å²) in [5.41, 5.74) is 2.62. The van der Waals surface area contributed by atoms with Crippen molar-refractivity contribution in [2.24, 2.45) is 0 Å². The Morgan fingerprint density at radius 2 is 2.14 bits per heavy atom. The van der Waals surface area contributed by atoms with Crippen molar-refractivity contribution in [2.45, 2.75) is 25.4 Å². The first-order valence-corrected chi connectivity index (χ1v) is 7.39. The molecule has 2 aromatic rings. The van der Waals surface area contributed by atoms with Crippen molar-refractivity contribution in [1.29, 1.82) is 0 Å². The predicted octanol–water partition coefficient (Wildman–Crippen LogP) is 4.08. The molecule has 0 amide bonds. The zero-order chi connectivity index (χ0) is 14.8. The van der Waals surface area contributed by atoms with Gasteiger partial charge in [-0.15, -0.1) is 0 Å². The first-order valence-electron chi connectivity index (χ1n) is 7.02. The van der Waals surface area contributed by atoms with E-state index in [0.29, 0.717) is 18.1 Å². The lowest BCUT2D eigenvalue weighted by molar-refractivity contribution is 0.169. The second-order valence-corrected chi connectivity index (χ2v) is 5.65. The second-order valence-electron chi connectivity index (χ2n) is 5.24. The van der Waals surface area contributed by atoms with Crippen LogP contribution < -0.4 is 4.74 Å². The fraction of sp³-hybridized carbons (Fsp3) is 0.294. The third-order valence-corrected chi connectivity index (χ3v) is 4.10. The van der Waals surface area contributed by atoms with Crippen LogP contribution in [0.25, 0.3) is 0 Å². The SMILES string of the molecule is OC(Cc1ccc(F)cc1Cl)c1cccc2c1OCCC2. The molecule has 0 saturated carbocycles. The molecular formula is C17H16ClFO2. The molecule has 1 atom stereocenters. The Morgan fingerprint density at radius 1 is 1.29 bits per heavy atom. The van der Waals surface area contributed by atoms with Crippen molar-refractivity contribution in [3.8, 4) is 5.75 Å². The van der Waals surface area contributed by atoms with Crippen LogP contribution in [0.5, 0.6) is 5.75 Å². The van der Waals surface area contributed by atoms with E-state index in [9.17, 15) is 9.50 Å². The van der Waals surface area contributed by atoms with E-state index in [4.69, 9.17) is 16.3 Å². The van der Waals surface area contributed by atoms with Gasteiger partial charge in [0.05, 0.1) is 12.7 Å². The van der Waals surface area contributed by atoms with Crippen molar-refractivity contribution >= 4 is 11.6 Å². The first kappa shape index (κ1) is 14.4. The number of hydrogen-bond acceptors (Lipinski definition) is 2. The van der Waals surface area contributed by atoms with Gasteiger partial charge in [0.15, 0.2) is 0 Å². The van der Waals surface area contributed by atoms with Gasteiger partial charge in [-0.05, 0) is 36.1 Å². The standard InChI is InChI=1S/C17H16ClFO2/c18-15-10-13(19)7-6-12(15)9-16(20)14-5-1-3-11-4-2-8-21-17(11)14/h1,3,5-7,10,16,20H,2,4,8-9H2. The van der Waals surface area contributed by atoms with Crippen molar-refractivity contribution in [3.63, 3.8) is 0 Å². The van der Waals surface area contributed by atoms with Gasteiger partial charge in [0, 0.05) is 17.0 Å². The number of hydrogen-bond donors (Lipinski definition) is 1. The third kappa shape index (κ3) is 3.04. The average Bonchev–Trinajstić information content (AvgIpc) is 2.49. The molecule has 1 N–H and O–H groups in total. The van der Waals surface area contributed by atoms with Crippen LogP contribution in [0, 0.1) is 5.82 Å². The van der Waals surface area contributed by atoms with Gasteiger partial charge in [-0.3, -0.25) is 0 Å². The summed E-state index contributed by atoms with van der Waals surface area (Å²) in [6, 6.07) is 10.0. The molecule has 1 aliphatic rings. The van der Waals surface area contributed by atoms with Gasteiger partial charge >= 0.3 is 0 Å². The van der Waals surface area contributed by atoms with Crippen molar-refractivity contribution < 1.29 is 14.2 Å². The highest BCUT2D eigenvalue weighted by Crippen LogP contribution is 2.35. The Balaban J connectivity index is 1.87. The Labute approximate surface area is 128 Å². The molecule has 0 fully saturated rings. The Hall–Kier alpha value is -1.58. The van der Waals surface area contributed by atoms with Crippen molar-refractivity contribution in [2.75, 3.05) is 6.61 Å². The number of aliphatic hydroxyl groups excluding tert-OH is 1. The number of ether oxygens (including phenoxy) is 1. The van der Waals surface area contributed by atoms with Crippen LogP contribution in [0.3, 0.4) is 0 Å². The van der Waals surface area contributed by atoms with E-state index < -0.39 is 6.10 Å². The molecule has 21 heavy (non-hydrogen) atoms.